The fourth-order valence-electron chi connectivity index (χ4n) is 0.425. The van der Waals surface area contributed by atoms with Crippen LogP contribution in [0.3, 0.4) is 0 Å². The maximum Gasteiger partial charge on any atom is 0.148 e. The van der Waals surface area contributed by atoms with E-state index in [9.17, 15) is 9.59 Å². The zero-order valence-electron chi connectivity index (χ0n) is 6.18. The van der Waals surface area contributed by atoms with Crippen LogP contribution in [-0.2, 0) is 9.59 Å². The highest BCUT2D eigenvalue weighted by molar-refractivity contribution is 5.78. The molecular formula is C7H11NO2. The standard InChI is InChI=1S/C7H11NO2/c1-6(3-4-9)8-5-7(2)10/h3-4,8H,5H2,1-2H3/b6-3-. The molecule has 0 radical (unpaired) electrons. The van der Waals surface area contributed by atoms with Gasteiger partial charge >= 0.3 is 0 Å². The molecule has 0 spiro atoms. The zero-order chi connectivity index (χ0) is 7.98. The van der Waals surface area contributed by atoms with Gasteiger partial charge in [0.2, 0.25) is 0 Å². The predicted octanol–water partition coefficient (Wildman–Crippen LogP) is 0.268. The van der Waals surface area contributed by atoms with Crippen molar-refractivity contribution in [1.82, 2.24) is 5.32 Å². The summed E-state index contributed by atoms with van der Waals surface area (Å²) in [6.45, 7) is 3.51. The summed E-state index contributed by atoms with van der Waals surface area (Å²) in [4.78, 5) is 20.2. The third-order valence-corrected chi connectivity index (χ3v) is 0.934. The number of ketones is 1. The van der Waals surface area contributed by atoms with Crippen molar-refractivity contribution in [3.8, 4) is 0 Å². The van der Waals surface area contributed by atoms with Gasteiger partial charge in [-0.2, -0.15) is 0 Å². The monoisotopic (exact) mass is 141 g/mol. The van der Waals surface area contributed by atoms with E-state index in [-0.39, 0.29) is 12.3 Å². The summed E-state index contributed by atoms with van der Waals surface area (Å²) >= 11 is 0. The molecule has 0 unspecified atom stereocenters. The van der Waals surface area contributed by atoms with Gasteiger partial charge in [-0.05, 0) is 19.9 Å². The van der Waals surface area contributed by atoms with Gasteiger partial charge in [0.05, 0.1) is 6.54 Å². The third kappa shape index (κ3) is 5.03. The van der Waals surface area contributed by atoms with Gasteiger partial charge in [0.25, 0.3) is 0 Å². The van der Waals surface area contributed by atoms with Crippen molar-refractivity contribution in [2.45, 2.75) is 13.8 Å². The lowest BCUT2D eigenvalue weighted by Gasteiger charge is -2.00. The second-order valence-corrected chi connectivity index (χ2v) is 2.04. The Morgan fingerprint density at radius 2 is 2.10 bits per heavy atom. The van der Waals surface area contributed by atoms with Crippen LogP contribution in [0.5, 0.6) is 0 Å². The molecule has 0 aliphatic rings. The first-order valence-electron chi connectivity index (χ1n) is 3.02. The SMILES string of the molecule is CC(=O)CN/C(C)=C\C=O. The number of hydrogen-bond acceptors (Lipinski definition) is 3. The maximum absolute atomic E-state index is 10.4. The number of rotatable bonds is 4. The van der Waals surface area contributed by atoms with Crippen LogP contribution in [0.2, 0.25) is 0 Å². The number of Topliss-reactive ketones (excluding diaryl/α,β-unsaturated/α-hetero) is 1. The molecule has 0 bridgehead atoms. The Kier molecular flexibility index (Phi) is 4.20. The normalized spacial score (nSPS) is 10.8. The Morgan fingerprint density at radius 1 is 1.50 bits per heavy atom. The molecule has 0 saturated carbocycles. The first-order chi connectivity index (χ1) is 4.66. The Balaban J connectivity index is 3.58. The summed E-state index contributed by atoms with van der Waals surface area (Å²) in [5.74, 6) is 0.0543. The van der Waals surface area contributed by atoms with E-state index in [2.05, 4.69) is 5.32 Å². The minimum Gasteiger partial charge on any atom is -0.381 e. The molecule has 0 aromatic heterocycles. The van der Waals surface area contributed by atoms with E-state index in [1.54, 1.807) is 6.92 Å². The van der Waals surface area contributed by atoms with E-state index in [4.69, 9.17) is 0 Å². The van der Waals surface area contributed by atoms with Crippen molar-refractivity contribution < 1.29 is 9.59 Å². The van der Waals surface area contributed by atoms with Gasteiger partial charge in [-0.25, -0.2) is 0 Å². The lowest BCUT2D eigenvalue weighted by Crippen LogP contribution is -2.18. The quantitative estimate of drug-likeness (QED) is 0.451. The molecule has 10 heavy (non-hydrogen) atoms. The molecule has 0 heterocycles. The zero-order valence-corrected chi connectivity index (χ0v) is 6.18. The molecule has 3 heteroatoms. The van der Waals surface area contributed by atoms with Crippen molar-refractivity contribution in [3.05, 3.63) is 11.8 Å². The van der Waals surface area contributed by atoms with Crippen molar-refractivity contribution in [2.75, 3.05) is 6.54 Å². The molecule has 3 nitrogen and oxygen atoms in total. The maximum atomic E-state index is 10.4. The highest BCUT2D eigenvalue weighted by Crippen LogP contribution is 1.81. The summed E-state index contributed by atoms with van der Waals surface area (Å²) in [7, 11) is 0. The largest absolute Gasteiger partial charge is 0.381 e. The highest BCUT2D eigenvalue weighted by atomic mass is 16.1. The fourth-order valence-corrected chi connectivity index (χ4v) is 0.425. The second kappa shape index (κ2) is 4.73. The van der Waals surface area contributed by atoms with Gasteiger partial charge in [0.15, 0.2) is 0 Å². The Bertz CT molecular complexity index is 161. The van der Waals surface area contributed by atoms with E-state index in [0.717, 1.165) is 0 Å². The lowest BCUT2D eigenvalue weighted by atomic mass is 10.4. The minimum absolute atomic E-state index is 0.0543. The molecule has 56 valence electrons. The molecule has 0 aliphatic heterocycles. The van der Waals surface area contributed by atoms with Gasteiger partial charge in [0, 0.05) is 5.70 Å². The van der Waals surface area contributed by atoms with Crippen LogP contribution in [0.4, 0.5) is 0 Å². The van der Waals surface area contributed by atoms with Crippen molar-refractivity contribution in [3.63, 3.8) is 0 Å². The molecule has 0 aromatic carbocycles. The number of nitrogens with one attached hydrogen (secondary N) is 1. The molecule has 0 aromatic rings. The van der Waals surface area contributed by atoms with Crippen LogP contribution in [-0.4, -0.2) is 18.6 Å². The topological polar surface area (TPSA) is 46.2 Å². The molecule has 0 fully saturated rings. The van der Waals surface area contributed by atoms with Gasteiger partial charge < -0.3 is 5.32 Å². The summed E-state index contributed by atoms with van der Waals surface area (Å²) in [5, 5.41) is 2.76. The fraction of sp³-hybridized carbons (Fsp3) is 0.429. The van der Waals surface area contributed by atoms with Crippen LogP contribution in [0.15, 0.2) is 11.8 Å². The smallest absolute Gasteiger partial charge is 0.148 e. The summed E-state index contributed by atoms with van der Waals surface area (Å²) in [6.07, 6.45) is 2.06. The van der Waals surface area contributed by atoms with E-state index < -0.39 is 0 Å². The summed E-state index contributed by atoms with van der Waals surface area (Å²) in [6, 6.07) is 0. The molecule has 0 rings (SSSR count). The van der Waals surface area contributed by atoms with Crippen LogP contribution in [0, 0.1) is 0 Å². The van der Waals surface area contributed by atoms with Crippen LogP contribution < -0.4 is 5.32 Å². The van der Waals surface area contributed by atoms with Gasteiger partial charge in [0.1, 0.15) is 12.1 Å². The number of carbonyl (C=O) groups is 2. The summed E-state index contributed by atoms with van der Waals surface area (Å²) < 4.78 is 0. The Labute approximate surface area is 60.1 Å². The molecule has 0 atom stereocenters. The van der Waals surface area contributed by atoms with Crippen molar-refractivity contribution >= 4 is 12.1 Å². The molecular weight excluding hydrogens is 130 g/mol. The Morgan fingerprint density at radius 3 is 2.50 bits per heavy atom. The molecule has 1 N–H and O–H groups in total. The van der Waals surface area contributed by atoms with Gasteiger partial charge in [-0.3, -0.25) is 9.59 Å². The van der Waals surface area contributed by atoms with E-state index in [0.29, 0.717) is 12.0 Å². The third-order valence-electron chi connectivity index (χ3n) is 0.934. The number of carbonyl (C=O) groups excluding carboxylic acids is 2. The predicted molar refractivity (Wildman–Crippen MR) is 38.5 cm³/mol. The number of allylic oxidation sites excluding steroid dienone is 2. The van der Waals surface area contributed by atoms with Crippen LogP contribution >= 0.6 is 0 Å². The number of aldehydes is 1. The van der Waals surface area contributed by atoms with E-state index >= 15 is 0 Å². The average Bonchev–Trinajstić information content (AvgIpc) is 1.85. The van der Waals surface area contributed by atoms with Crippen LogP contribution in [0.25, 0.3) is 0 Å². The number of hydrogen-bond donors (Lipinski definition) is 1. The Hall–Kier alpha value is -1.12. The van der Waals surface area contributed by atoms with Crippen molar-refractivity contribution in [2.24, 2.45) is 0 Å². The minimum atomic E-state index is 0.0543. The highest BCUT2D eigenvalue weighted by Gasteiger charge is 1.90. The average molecular weight is 141 g/mol. The van der Waals surface area contributed by atoms with Gasteiger partial charge in [-0.1, -0.05) is 0 Å². The van der Waals surface area contributed by atoms with E-state index in [1.807, 2.05) is 0 Å². The summed E-state index contributed by atoms with van der Waals surface area (Å²) in [5.41, 5.74) is 0.713. The van der Waals surface area contributed by atoms with Gasteiger partial charge in [-0.15, -0.1) is 0 Å². The first-order valence-corrected chi connectivity index (χ1v) is 3.02. The van der Waals surface area contributed by atoms with E-state index in [1.165, 1.54) is 13.0 Å². The molecule has 0 saturated heterocycles. The molecule has 0 aliphatic carbocycles. The molecule has 0 amide bonds. The lowest BCUT2D eigenvalue weighted by molar-refractivity contribution is -0.116. The first kappa shape index (κ1) is 8.88. The van der Waals surface area contributed by atoms with Crippen LogP contribution in [0.1, 0.15) is 13.8 Å². The van der Waals surface area contributed by atoms with Crippen molar-refractivity contribution in [1.29, 1.82) is 0 Å². The second-order valence-electron chi connectivity index (χ2n) is 2.04.